The van der Waals surface area contributed by atoms with Crippen LogP contribution in [0.15, 0.2) is 23.1 Å². The third kappa shape index (κ3) is 5.91. The van der Waals surface area contributed by atoms with Crippen LogP contribution in [0.4, 0.5) is 0 Å². The van der Waals surface area contributed by atoms with Gasteiger partial charge < -0.3 is 14.2 Å². The van der Waals surface area contributed by atoms with Gasteiger partial charge in [-0.1, -0.05) is 0 Å². The highest BCUT2D eigenvalue weighted by Crippen LogP contribution is 2.25. The van der Waals surface area contributed by atoms with Crippen LogP contribution in [-0.2, 0) is 29.7 Å². The number of hydrogen-bond acceptors (Lipinski definition) is 6. The SMILES string of the molecule is COCCCOC(=O)Cc1cc(S(=O)(=O)Cl)ccc1OC. The highest BCUT2D eigenvalue weighted by molar-refractivity contribution is 8.13. The Morgan fingerprint density at radius 2 is 1.95 bits per heavy atom. The molecular formula is C13H17ClO6S. The fourth-order valence-electron chi connectivity index (χ4n) is 1.64. The van der Waals surface area contributed by atoms with Gasteiger partial charge in [-0.25, -0.2) is 8.42 Å². The van der Waals surface area contributed by atoms with Crippen molar-refractivity contribution in [3.8, 4) is 5.75 Å². The summed E-state index contributed by atoms with van der Waals surface area (Å²) in [6.45, 7) is 0.735. The molecule has 0 amide bonds. The standard InChI is InChI=1S/C13H17ClO6S/c1-18-6-3-7-20-13(15)9-10-8-11(21(14,16)17)4-5-12(10)19-2/h4-5,8H,3,6-7,9H2,1-2H3. The van der Waals surface area contributed by atoms with E-state index in [2.05, 4.69) is 0 Å². The molecule has 0 aromatic heterocycles. The molecule has 0 fully saturated rings. The molecule has 1 rings (SSSR count). The van der Waals surface area contributed by atoms with Crippen LogP contribution in [0.5, 0.6) is 5.75 Å². The minimum absolute atomic E-state index is 0.0906. The van der Waals surface area contributed by atoms with Crippen molar-refractivity contribution in [3.05, 3.63) is 23.8 Å². The van der Waals surface area contributed by atoms with Gasteiger partial charge >= 0.3 is 5.97 Å². The quantitative estimate of drug-likeness (QED) is 0.409. The average Bonchev–Trinajstić information content (AvgIpc) is 2.42. The van der Waals surface area contributed by atoms with Crippen molar-refractivity contribution in [3.63, 3.8) is 0 Å². The first-order valence-electron chi connectivity index (χ1n) is 6.14. The van der Waals surface area contributed by atoms with Crippen LogP contribution in [-0.4, -0.2) is 41.8 Å². The molecule has 0 N–H and O–H groups in total. The fourth-order valence-corrected chi connectivity index (χ4v) is 2.44. The summed E-state index contributed by atoms with van der Waals surface area (Å²) in [5.41, 5.74) is 0.399. The van der Waals surface area contributed by atoms with Gasteiger partial charge in [-0.05, 0) is 18.2 Å². The second-order valence-electron chi connectivity index (χ2n) is 4.16. The van der Waals surface area contributed by atoms with Crippen LogP contribution in [0.3, 0.4) is 0 Å². The van der Waals surface area contributed by atoms with Gasteiger partial charge in [0.05, 0.1) is 25.0 Å². The molecule has 0 saturated carbocycles. The first-order valence-corrected chi connectivity index (χ1v) is 8.45. The zero-order chi connectivity index (χ0) is 15.9. The predicted octanol–water partition coefficient (Wildman–Crippen LogP) is 1.74. The third-order valence-corrected chi connectivity index (χ3v) is 3.98. The molecule has 6 nitrogen and oxygen atoms in total. The highest BCUT2D eigenvalue weighted by Gasteiger charge is 2.16. The summed E-state index contributed by atoms with van der Waals surface area (Å²) in [7, 11) is 4.41. The number of ether oxygens (including phenoxy) is 3. The van der Waals surface area contributed by atoms with Crippen LogP contribution in [0.25, 0.3) is 0 Å². The van der Waals surface area contributed by atoms with E-state index in [-0.39, 0.29) is 17.9 Å². The van der Waals surface area contributed by atoms with E-state index in [4.69, 9.17) is 24.9 Å². The second-order valence-corrected chi connectivity index (χ2v) is 6.72. The van der Waals surface area contributed by atoms with Gasteiger partial charge in [0, 0.05) is 36.4 Å². The molecule has 0 saturated heterocycles. The largest absolute Gasteiger partial charge is 0.496 e. The van der Waals surface area contributed by atoms with E-state index < -0.39 is 15.0 Å². The molecule has 0 heterocycles. The molecule has 0 aliphatic heterocycles. The maximum atomic E-state index is 11.7. The van der Waals surface area contributed by atoms with Crippen molar-refractivity contribution in [1.29, 1.82) is 0 Å². The van der Waals surface area contributed by atoms with Crippen LogP contribution >= 0.6 is 10.7 Å². The predicted molar refractivity (Wildman–Crippen MR) is 77.2 cm³/mol. The molecule has 0 atom stereocenters. The van der Waals surface area contributed by atoms with Crippen LogP contribution in [0, 0.1) is 0 Å². The summed E-state index contributed by atoms with van der Waals surface area (Å²) in [6, 6.07) is 4.06. The van der Waals surface area contributed by atoms with Crippen molar-refractivity contribution in [2.24, 2.45) is 0 Å². The Hall–Kier alpha value is -1.31. The van der Waals surface area contributed by atoms with Gasteiger partial charge in [-0.2, -0.15) is 0 Å². The lowest BCUT2D eigenvalue weighted by atomic mass is 10.1. The van der Waals surface area contributed by atoms with E-state index >= 15 is 0 Å². The molecule has 1 aromatic rings. The number of benzene rings is 1. The first-order chi connectivity index (χ1) is 9.88. The lowest BCUT2D eigenvalue weighted by Crippen LogP contribution is -2.11. The van der Waals surface area contributed by atoms with Gasteiger partial charge in [0.1, 0.15) is 5.75 Å². The van der Waals surface area contributed by atoms with Crippen molar-refractivity contribution in [2.45, 2.75) is 17.7 Å². The van der Waals surface area contributed by atoms with Gasteiger partial charge in [0.15, 0.2) is 0 Å². The Bertz CT molecular complexity index is 584. The summed E-state index contributed by atoms with van der Waals surface area (Å²) < 4.78 is 37.6. The Balaban J connectivity index is 2.78. The zero-order valence-electron chi connectivity index (χ0n) is 11.8. The van der Waals surface area contributed by atoms with Crippen molar-refractivity contribution in [1.82, 2.24) is 0 Å². The second kappa shape index (κ2) is 8.21. The number of carbonyl (C=O) groups is 1. The Labute approximate surface area is 128 Å². The van der Waals surface area contributed by atoms with E-state index in [9.17, 15) is 13.2 Å². The summed E-state index contributed by atoms with van der Waals surface area (Å²) in [5, 5.41) is 0. The maximum Gasteiger partial charge on any atom is 0.310 e. The summed E-state index contributed by atoms with van der Waals surface area (Å²) in [4.78, 5) is 11.6. The highest BCUT2D eigenvalue weighted by atomic mass is 35.7. The number of carbonyl (C=O) groups excluding carboxylic acids is 1. The molecule has 118 valence electrons. The maximum absolute atomic E-state index is 11.7. The monoisotopic (exact) mass is 336 g/mol. The molecule has 21 heavy (non-hydrogen) atoms. The lowest BCUT2D eigenvalue weighted by molar-refractivity contribution is -0.143. The number of methoxy groups -OCH3 is 2. The minimum atomic E-state index is -3.86. The van der Waals surface area contributed by atoms with E-state index in [0.29, 0.717) is 24.3 Å². The van der Waals surface area contributed by atoms with Crippen molar-refractivity contribution < 1.29 is 27.4 Å². The molecular weight excluding hydrogens is 320 g/mol. The molecule has 0 bridgehead atoms. The van der Waals surface area contributed by atoms with Gasteiger partial charge in [-0.15, -0.1) is 0 Å². The van der Waals surface area contributed by atoms with Gasteiger partial charge in [0.25, 0.3) is 9.05 Å². The lowest BCUT2D eigenvalue weighted by Gasteiger charge is -2.10. The number of esters is 1. The van der Waals surface area contributed by atoms with E-state index in [1.54, 1.807) is 7.11 Å². The molecule has 0 spiro atoms. The zero-order valence-corrected chi connectivity index (χ0v) is 13.4. The summed E-state index contributed by atoms with van der Waals surface area (Å²) in [5.74, 6) is -0.0820. The molecule has 0 radical (unpaired) electrons. The number of halogens is 1. The molecule has 0 unspecified atom stereocenters. The Morgan fingerprint density at radius 1 is 1.24 bits per heavy atom. The topological polar surface area (TPSA) is 78.9 Å². The molecule has 0 aliphatic rings. The normalized spacial score (nSPS) is 11.2. The Kier molecular flexibility index (Phi) is 6.94. The van der Waals surface area contributed by atoms with Crippen molar-refractivity contribution in [2.75, 3.05) is 27.4 Å². The van der Waals surface area contributed by atoms with Gasteiger partial charge in [-0.3, -0.25) is 4.79 Å². The minimum Gasteiger partial charge on any atom is -0.496 e. The fraction of sp³-hybridized carbons (Fsp3) is 0.462. The van der Waals surface area contributed by atoms with E-state index in [1.165, 1.54) is 25.3 Å². The average molecular weight is 337 g/mol. The van der Waals surface area contributed by atoms with E-state index in [0.717, 1.165) is 0 Å². The van der Waals surface area contributed by atoms with Crippen molar-refractivity contribution >= 4 is 25.7 Å². The third-order valence-electron chi connectivity index (χ3n) is 2.62. The Morgan fingerprint density at radius 3 is 2.52 bits per heavy atom. The molecule has 0 aliphatic carbocycles. The van der Waals surface area contributed by atoms with Crippen LogP contribution in [0.2, 0.25) is 0 Å². The van der Waals surface area contributed by atoms with E-state index in [1.807, 2.05) is 0 Å². The summed E-state index contributed by atoms with van der Waals surface area (Å²) >= 11 is 0. The van der Waals surface area contributed by atoms with Crippen LogP contribution in [0.1, 0.15) is 12.0 Å². The first kappa shape index (κ1) is 17.7. The molecule has 1 aromatic carbocycles. The number of hydrogen-bond donors (Lipinski definition) is 0. The summed E-state index contributed by atoms with van der Waals surface area (Å²) in [6.07, 6.45) is 0.492. The smallest absolute Gasteiger partial charge is 0.310 e. The van der Waals surface area contributed by atoms with Gasteiger partial charge in [0.2, 0.25) is 0 Å². The van der Waals surface area contributed by atoms with Crippen LogP contribution < -0.4 is 4.74 Å². The number of rotatable bonds is 8. The molecule has 8 heteroatoms.